The summed E-state index contributed by atoms with van der Waals surface area (Å²) in [6, 6.07) is 6.99. The molecule has 2 fully saturated rings. The van der Waals surface area contributed by atoms with E-state index in [2.05, 4.69) is 22.4 Å². The van der Waals surface area contributed by atoms with Crippen molar-refractivity contribution in [3.8, 4) is 0 Å². The van der Waals surface area contributed by atoms with Crippen LogP contribution in [0.3, 0.4) is 0 Å². The van der Waals surface area contributed by atoms with Crippen LogP contribution in [0.15, 0.2) is 24.4 Å². The van der Waals surface area contributed by atoms with Gasteiger partial charge in [-0.25, -0.2) is 0 Å². The maximum Gasteiger partial charge on any atom is 0.0480 e. The van der Waals surface area contributed by atoms with Gasteiger partial charge in [-0.05, 0) is 44.4 Å². The SMILES string of the molecule is c1ccc(C2(C3CCCN3)CC2)nc1. The lowest BCUT2D eigenvalue weighted by atomic mass is 9.91. The second-order valence-electron chi connectivity index (χ2n) is 4.52. The fraction of sp³-hybridized carbons (Fsp3) is 0.583. The van der Waals surface area contributed by atoms with Gasteiger partial charge in [0, 0.05) is 23.3 Å². The van der Waals surface area contributed by atoms with E-state index in [0.29, 0.717) is 11.5 Å². The van der Waals surface area contributed by atoms with Gasteiger partial charge in [-0.3, -0.25) is 4.98 Å². The van der Waals surface area contributed by atoms with Crippen molar-refractivity contribution < 1.29 is 0 Å². The van der Waals surface area contributed by atoms with E-state index in [1.807, 2.05) is 12.3 Å². The Morgan fingerprint density at radius 2 is 2.29 bits per heavy atom. The number of nitrogens with zero attached hydrogens (tertiary/aromatic N) is 1. The van der Waals surface area contributed by atoms with Gasteiger partial charge in [0.1, 0.15) is 0 Å². The molecule has 1 aliphatic carbocycles. The van der Waals surface area contributed by atoms with Gasteiger partial charge in [0.2, 0.25) is 0 Å². The van der Waals surface area contributed by atoms with Crippen LogP contribution in [0.5, 0.6) is 0 Å². The molecular formula is C12H16N2. The van der Waals surface area contributed by atoms with Crippen LogP contribution in [0, 0.1) is 0 Å². The summed E-state index contributed by atoms with van der Waals surface area (Å²) in [6.07, 6.45) is 7.23. The summed E-state index contributed by atoms with van der Waals surface area (Å²) in [5, 5.41) is 3.62. The van der Waals surface area contributed by atoms with Crippen molar-refractivity contribution >= 4 is 0 Å². The van der Waals surface area contributed by atoms with E-state index in [1.54, 1.807) is 0 Å². The van der Waals surface area contributed by atoms with Crippen molar-refractivity contribution in [1.82, 2.24) is 10.3 Å². The summed E-state index contributed by atoms with van der Waals surface area (Å²) < 4.78 is 0. The van der Waals surface area contributed by atoms with Crippen molar-refractivity contribution in [2.24, 2.45) is 0 Å². The average Bonchev–Trinajstić information content (AvgIpc) is 2.88. The van der Waals surface area contributed by atoms with Crippen LogP contribution in [0.2, 0.25) is 0 Å². The monoisotopic (exact) mass is 188 g/mol. The summed E-state index contributed by atoms with van der Waals surface area (Å²) >= 11 is 0. The van der Waals surface area contributed by atoms with Crippen LogP contribution < -0.4 is 5.32 Å². The highest BCUT2D eigenvalue weighted by Crippen LogP contribution is 2.51. The highest BCUT2D eigenvalue weighted by molar-refractivity contribution is 5.28. The van der Waals surface area contributed by atoms with Crippen molar-refractivity contribution in [3.05, 3.63) is 30.1 Å². The zero-order valence-electron chi connectivity index (χ0n) is 8.37. The predicted octanol–water partition coefficient (Wildman–Crippen LogP) is 1.87. The third-order valence-electron chi connectivity index (χ3n) is 3.69. The zero-order valence-corrected chi connectivity index (χ0v) is 8.37. The van der Waals surface area contributed by atoms with Crippen LogP contribution in [0.25, 0.3) is 0 Å². The lowest BCUT2D eigenvalue weighted by Gasteiger charge is -2.22. The predicted molar refractivity (Wildman–Crippen MR) is 56.2 cm³/mol. The van der Waals surface area contributed by atoms with Crippen molar-refractivity contribution in [2.45, 2.75) is 37.1 Å². The molecule has 3 rings (SSSR count). The number of aromatic nitrogens is 1. The topological polar surface area (TPSA) is 24.9 Å². The molecule has 2 heteroatoms. The minimum Gasteiger partial charge on any atom is -0.313 e. The van der Waals surface area contributed by atoms with Gasteiger partial charge in [-0.15, -0.1) is 0 Å². The molecule has 2 nitrogen and oxygen atoms in total. The van der Waals surface area contributed by atoms with Gasteiger partial charge in [0.15, 0.2) is 0 Å². The zero-order chi connectivity index (χ0) is 9.43. The maximum atomic E-state index is 4.52. The molecule has 0 aromatic carbocycles. The van der Waals surface area contributed by atoms with Crippen LogP contribution >= 0.6 is 0 Å². The Balaban J connectivity index is 1.89. The Bertz CT molecular complexity index is 310. The molecule has 0 radical (unpaired) electrons. The minimum atomic E-state index is 0.401. The molecule has 1 unspecified atom stereocenters. The van der Waals surface area contributed by atoms with Crippen molar-refractivity contribution in [2.75, 3.05) is 6.54 Å². The lowest BCUT2D eigenvalue weighted by molar-refractivity contribution is 0.463. The van der Waals surface area contributed by atoms with E-state index in [0.717, 1.165) is 0 Å². The second kappa shape index (κ2) is 3.06. The number of nitrogens with one attached hydrogen (secondary N) is 1. The Kier molecular flexibility index (Phi) is 1.84. The highest BCUT2D eigenvalue weighted by Gasteiger charge is 2.52. The molecule has 1 saturated carbocycles. The molecule has 0 spiro atoms. The molecule has 14 heavy (non-hydrogen) atoms. The lowest BCUT2D eigenvalue weighted by Crippen LogP contribution is -2.35. The maximum absolute atomic E-state index is 4.52. The molecule has 1 atom stereocenters. The molecule has 0 amide bonds. The molecular weight excluding hydrogens is 172 g/mol. The fourth-order valence-corrected chi connectivity index (χ4v) is 2.73. The Morgan fingerprint density at radius 1 is 1.36 bits per heavy atom. The Labute approximate surface area is 84.7 Å². The van der Waals surface area contributed by atoms with E-state index in [9.17, 15) is 0 Å². The highest BCUT2D eigenvalue weighted by atomic mass is 15.0. The normalized spacial score (nSPS) is 29.0. The minimum absolute atomic E-state index is 0.401. The molecule has 1 aromatic heterocycles. The largest absolute Gasteiger partial charge is 0.313 e. The van der Waals surface area contributed by atoms with E-state index in [-0.39, 0.29) is 0 Å². The molecule has 1 aliphatic heterocycles. The molecule has 2 aliphatic rings. The van der Waals surface area contributed by atoms with E-state index in [1.165, 1.54) is 37.9 Å². The second-order valence-corrected chi connectivity index (χ2v) is 4.52. The smallest absolute Gasteiger partial charge is 0.0480 e. The van der Waals surface area contributed by atoms with Gasteiger partial charge in [-0.2, -0.15) is 0 Å². The van der Waals surface area contributed by atoms with Gasteiger partial charge in [-0.1, -0.05) is 6.07 Å². The first-order valence-corrected chi connectivity index (χ1v) is 5.57. The van der Waals surface area contributed by atoms with E-state index >= 15 is 0 Å². The van der Waals surface area contributed by atoms with Gasteiger partial charge in [0.25, 0.3) is 0 Å². The van der Waals surface area contributed by atoms with E-state index < -0.39 is 0 Å². The third-order valence-corrected chi connectivity index (χ3v) is 3.69. The van der Waals surface area contributed by atoms with Gasteiger partial charge in [0.05, 0.1) is 0 Å². The van der Waals surface area contributed by atoms with Crippen molar-refractivity contribution in [3.63, 3.8) is 0 Å². The van der Waals surface area contributed by atoms with Crippen molar-refractivity contribution in [1.29, 1.82) is 0 Å². The third kappa shape index (κ3) is 1.17. The molecule has 1 aromatic rings. The summed E-state index contributed by atoms with van der Waals surface area (Å²) in [7, 11) is 0. The van der Waals surface area contributed by atoms with Gasteiger partial charge >= 0.3 is 0 Å². The molecule has 0 bridgehead atoms. The van der Waals surface area contributed by atoms with Crippen LogP contribution in [0.1, 0.15) is 31.4 Å². The summed E-state index contributed by atoms with van der Waals surface area (Å²) in [6.45, 7) is 1.19. The van der Waals surface area contributed by atoms with Crippen LogP contribution in [0.4, 0.5) is 0 Å². The standard InChI is InChI=1S/C12H16N2/c1-2-8-13-10(4-1)12(6-7-12)11-5-3-9-14-11/h1-2,4,8,11,14H,3,5-7,9H2. The molecule has 1 N–H and O–H groups in total. The Hall–Kier alpha value is -0.890. The van der Waals surface area contributed by atoms with E-state index in [4.69, 9.17) is 0 Å². The molecule has 1 saturated heterocycles. The number of hydrogen-bond acceptors (Lipinski definition) is 2. The first-order valence-electron chi connectivity index (χ1n) is 5.57. The first-order chi connectivity index (χ1) is 6.92. The first kappa shape index (κ1) is 8.42. The van der Waals surface area contributed by atoms with Crippen LogP contribution in [-0.4, -0.2) is 17.6 Å². The summed E-state index contributed by atoms with van der Waals surface area (Å²) in [5.41, 5.74) is 1.71. The summed E-state index contributed by atoms with van der Waals surface area (Å²) in [5.74, 6) is 0. The number of pyridine rings is 1. The quantitative estimate of drug-likeness (QED) is 0.766. The molecule has 2 heterocycles. The number of hydrogen-bond donors (Lipinski definition) is 1. The van der Waals surface area contributed by atoms with Gasteiger partial charge < -0.3 is 5.32 Å². The Morgan fingerprint density at radius 3 is 2.86 bits per heavy atom. The fourth-order valence-electron chi connectivity index (χ4n) is 2.73. The average molecular weight is 188 g/mol. The summed E-state index contributed by atoms with van der Waals surface area (Å²) in [4.78, 5) is 4.52. The van der Waals surface area contributed by atoms with Crippen LogP contribution in [-0.2, 0) is 5.41 Å². The molecule has 74 valence electrons. The number of rotatable bonds is 2.